The molecule has 1 atom stereocenters. The molecule has 0 aliphatic heterocycles. The second-order valence-corrected chi connectivity index (χ2v) is 7.06. The second-order valence-electron chi connectivity index (χ2n) is 7.06. The first-order chi connectivity index (χ1) is 8.90. The Hall–Kier alpha value is -0.820. The molecule has 19 heavy (non-hydrogen) atoms. The van der Waals surface area contributed by atoms with E-state index in [0.717, 1.165) is 12.5 Å². The SMILES string of the molecule is Cc1ccc(CC(C)(CNC(C)C)C2CC2)cc1C. The summed E-state index contributed by atoms with van der Waals surface area (Å²) < 4.78 is 0. The van der Waals surface area contributed by atoms with Gasteiger partial charge < -0.3 is 5.32 Å². The van der Waals surface area contributed by atoms with Crippen molar-refractivity contribution in [3.8, 4) is 0 Å². The van der Waals surface area contributed by atoms with E-state index in [-0.39, 0.29) is 0 Å². The van der Waals surface area contributed by atoms with Crippen molar-refractivity contribution in [3.05, 3.63) is 34.9 Å². The first kappa shape index (κ1) is 14.6. The summed E-state index contributed by atoms with van der Waals surface area (Å²) in [5.74, 6) is 0.917. The van der Waals surface area contributed by atoms with Gasteiger partial charge in [0, 0.05) is 12.6 Å². The lowest BCUT2D eigenvalue weighted by Gasteiger charge is -2.31. The van der Waals surface area contributed by atoms with Crippen LogP contribution < -0.4 is 5.32 Å². The second kappa shape index (κ2) is 5.66. The molecule has 0 heterocycles. The minimum atomic E-state index is 0.423. The van der Waals surface area contributed by atoms with Crippen LogP contribution in [0.25, 0.3) is 0 Å². The summed E-state index contributed by atoms with van der Waals surface area (Å²) in [6.07, 6.45) is 4.04. The molecule has 1 heteroatoms. The lowest BCUT2D eigenvalue weighted by atomic mass is 9.78. The topological polar surface area (TPSA) is 12.0 Å². The molecule has 1 nitrogen and oxygen atoms in total. The quantitative estimate of drug-likeness (QED) is 0.805. The van der Waals surface area contributed by atoms with Gasteiger partial charge in [0.15, 0.2) is 0 Å². The van der Waals surface area contributed by atoms with Gasteiger partial charge in [-0.3, -0.25) is 0 Å². The molecule has 1 fully saturated rings. The molecule has 0 amide bonds. The summed E-state index contributed by atoms with van der Waals surface area (Å²) in [5.41, 5.74) is 4.75. The molecule has 1 unspecified atom stereocenters. The van der Waals surface area contributed by atoms with E-state index in [1.54, 1.807) is 0 Å². The van der Waals surface area contributed by atoms with Gasteiger partial charge in [-0.25, -0.2) is 0 Å². The van der Waals surface area contributed by atoms with Crippen molar-refractivity contribution < 1.29 is 0 Å². The third-order valence-corrected chi connectivity index (χ3v) is 4.66. The summed E-state index contributed by atoms with van der Waals surface area (Å²) in [6, 6.07) is 7.55. The summed E-state index contributed by atoms with van der Waals surface area (Å²) in [4.78, 5) is 0. The normalized spacial score (nSPS) is 18.6. The number of benzene rings is 1. The predicted octanol–water partition coefficient (Wildman–Crippen LogP) is 4.26. The number of aryl methyl sites for hydroxylation is 2. The van der Waals surface area contributed by atoms with E-state index in [2.05, 4.69) is 58.1 Å². The maximum Gasteiger partial charge on any atom is 0.00134 e. The highest BCUT2D eigenvalue weighted by molar-refractivity contribution is 5.30. The Morgan fingerprint density at radius 3 is 2.42 bits per heavy atom. The molecule has 106 valence electrons. The molecule has 1 aliphatic carbocycles. The highest BCUT2D eigenvalue weighted by Crippen LogP contribution is 2.47. The van der Waals surface area contributed by atoms with Crippen LogP contribution in [0, 0.1) is 25.2 Å². The Morgan fingerprint density at radius 1 is 1.21 bits per heavy atom. The van der Waals surface area contributed by atoms with E-state index in [1.807, 2.05) is 0 Å². The van der Waals surface area contributed by atoms with Crippen LogP contribution in [-0.4, -0.2) is 12.6 Å². The van der Waals surface area contributed by atoms with Crippen LogP contribution in [0.1, 0.15) is 50.3 Å². The molecule has 0 spiro atoms. The molecular weight excluding hydrogens is 230 g/mol. The van der Waals surface area contributed by atoms with Crippen LogP contribution >= 0.6 is 0 Å². The molecule has 1 aliphatic rings. The maximum absolute atomic E-state index is 3.65. The van der Waals surface area contributed by atoms with Crippen molar-refractivity contribution in [2.45, 2.75) is 59.9 Å². The minimum Gasteiger partial charge on any atom is -0.314 e. The summed E-state index contributed by atoms with van der Waals surface area (Å²) in [7, 11) is 0. The van der Waals surface area contributed by atoms with Gasteiger partial charge in [0.2, 0.25) is 0 Å². The molecule has 0 aromatic heterocycles. The largest absolute Gasteiger partial charge is 0.314 e. The number of hydrogen-bond acceptors (Lipinski definition) is 1. The van der Waals surface area contributed by atoms with Crippen LogP contribution in [0.2, 0.25) is 0 Å². The zero-order valence-electron chi connectivity index (χ0n) is 13.2. The van der Waals surface area contributed by atoms with Crippen molar-refractivity contribution >= 4 is 0 Å². The van der Waals surface area contributed by atoms with Gasteiger partial charge in [0.05, 0.1) is 0 Å². The summed E-state index contributed by atoms with van der Waals surface area (Å²) in [6.45, 7) is 12.5. The fourth-order valence-electron chi connectivity index (χ4n) is 2.95. The Bertz CT molecular complexity index is 431. The van der Waals surface area contributed by atoms with Gasteiger partial charge in [0.1, 0.15) is 0 Å². The number of hydrogen-bond donors (Lipinski definition) is 1. The van der Waals surface area contributed by atoms with E-state index >= 15 is 0 Å². The highest BCUT2D eigenvalue weighted by Gasteiger charge is 2.41. The van der Waals surface area contributed by atoms with Crippen molar-refractivity contribution in [2.75, 3.05) is 6.54 Å². The van der Waals surface area contributed by atoms with Crippen LogP contribution in [0.3, 0.4) is 0 Å². The first-order valence-corrected chi connectivity index (χ1v) is 7.70. The fourth-order valence-corrected chi connectivity index (χ4v) is 2.95. The Labute approximate surface area is 118 Å². The molecule has 2 rings (SSSR count). The monoisotopic (exact) mass is 259 g/mol. The van der Waals surface area contributed by atoms with Gasteiger partial charge in [-0.2, -0.15) is 0 Å². The van der Waals surface area contributed by atoms with Crippen LogP contribution in [0.5, 0.6) is 0 Å². The summed E-state index contributed by atoms with van der Waals surface area (Å²) in [5, 5.41) is 3.65. The van der Waals surface area contributed by atoms with Crippen molar-refractivity contribution in [1.29, 1.82) is 0 Å². The zero-order valence-corrected chi connectivity index (χ0v) is 13.2. The number of nitrogens with one attached hydrogen (secondary N) is 1. The van der Waals surface area contributed by atoms with Crippen LogP contribution in [-0.2, 0) is 6.42 Å². The Balaban J connectivity index is 2.09. The Kier molecular flexibility index (Phi) is 4.35. The molecule has 1 aromatic rings. The maximum atomic E-state index is 3.65. The van der Waals surface area contributed by atoms with Gasteiger partial charge >= 0.3 is 0 Å². The Morgan fingerprint density at radius 2 is 1.89 bits per heavy atom. The average Bonchev–Trinajstić information content (AvgIpc) is 3.16. The third kappa shape index (κ3) is 3.82. The first-order valence-electron chi connectivity index (χ1n) is 7.70. The molecule has 1 N–H and O–H groups in total. The molecular formula is C18H29N. The van der Waals surface area contributed by atoms with Gasteiger partial charge in [-0.05, 0) is 61.1 Å². The summed E-state index contributed by atoms with van der Waals surface area (Å²) >= 11 is 0. The van der Waals surface area contributed by atoms with Crippen molar-refractivity contribution in [3.63, 3.8) is 0 Å². The van der Waals surface area contributed by atoms with Crippen LogP contribution in [0.15, 0.2) is 18.2 Å². The predicted molar refractivity (Wildman–Crippen MR) is 83.6 cm³/mol. The molecule has 1 saturated carbocycles. The van der Waals surface area contributed by atoms with E-state index in [1.165, 1.54) is 36.0 Å². The van der Waals surface area contributed by atoms with E-state index < -0.39 is 0 Å². The minimum absolute atomic E-state index is 0.423. The van der Waals surface area contributed by atoms with Crippen LogP contribution in [0.4, 0.5) is 0 Å². The molecule has 1 aromatic carbocycles. The molecule has 0 bridgehead atoms. The third-order valence-electron chi connectivity index (χ3n) is 4.66. The zero-order chi connectivity index (χ0) is 14.0. The smallest absolute Gasteiger partial charge is 0.00134 e. The van der Waals surface area contributed by atoms with Gasteiger partial charge in [0.25, 0.3) is 0 Å². The van der Waals surface area contributed by atoms with E-state index in [9.17, 15) is 0 Å². The van der Waals surface area contributed by atoms with E-state index in [0.29, 0.717) is 11.5 Å². The fraction of sp³-hybridized carbons (Fsp3) is 0.667. The highest BCUT2D eigenvalue weighted by atomic mass is 14.9. The standard InChI is InChI=1S/C18H29N/c1-13(2)19-12-18(5,17-8-9-17)11-16-7-6-14(3)15(4)10-16/h6-7,10,13,17,19H,8-9,11-12H2,1-5H3. The van der Waals surface area contributed by atoms with Crippen molar-refractivity contribution in [2.24, 2.45) is 11.3 Å². The molecule has 0 saturated heterocycles. The average molecular weight is 259 g/mol. The number of rotatable bonds is 6. The van der Waals surface area contributed by atoms with Gasteiger partial charge in [-0.15, -0.1) is 0 Å². The lowest BCUT2D eigenvalue weighted by molar-refractivity contribution is 0.248. The van der Waals surface area contributed by atoms with Gasteiger partial charge in [-0.1, -0.05) is 39.0 Å². The lowest BCUT2D eigenvalue weighted by Crippen LogP contribution is -2.38. The van der Waals surface area contributed by atoms with Crippen molar-refractivity contribution in [1.82, 2.24) is 5.32 Å². The van der Waals surface area contributed by atoms with E-state index in [4.69, 9.17) is 0 Å². The molecule has 0 radical (unpaired) electrons.